The summed E-state index contributed by atoms with van der Waals surface area (Å²) in [5.74, 6) is 0.259. The summed E-state index contributed by atoms with van der Waals surface area (Å²) in [6, 6.07) is 10.4. The number of amides is 1. The van der Waals surface area contributed by atoms with Crippen molar-refractivity contribution in [1.82, 2.24) is 9.80 Å². The molecule has 0 bridgehead atoms. The minimum atomic E-state index is -0.108. The lowest BCUT2D eigenvalue weighted by Crippen LogP contribution is -2.47. The number of likely N-dealkylation sites (tertiary alicyclic amines) is 2. The van der Waals surface area contributed by atoms with Gasteiger partial charge in [-0.25, -0.2) is 0 Å². The van der Waals surface area contributed by atoms with E-state index in [1.54, 1.807) is 0 Å². The summed E-state index contributed by atoms with van der Waals surface area (Å²) in [5.41, 5.74) is 7.08. The van der Waals surface area contributed by atoms with Gasteiger partial charge in [0.15, 0.2) is 0 Å². The highest BCUT2D eigenvalue weighted by atomic mass is 16.2. The van der Waals surface area contributed by atoms with Crippen LogP contribution in [0.2, 0.25) is 0 Å². The first kappa shape index (κ1) is 14.5. The van der Waals surface area contributed by atoms with Crippen LogP contribution in [0.4, 0.5) is 0 Å². The molecule has 2 saturated heterocycles. The lowest BCUT2D eigenvalue weighted by molar-refractivity contribution is -0.138. The van der Waals surface area contributed by atoms with Crippen molar-refractivity contribution >= 4 is 5.91 Å². The van der Waals surface area contributed by atoms with Gasteiger partial charge < -0.3 is 10.6 Å². The van der Waals surface area contributed by atoms with Crippen LogP contribution >= 0.6 is 0 Å². The van der Waals surface area contributed by atoms with E-state index >= 15 is 0 Å². The minimum absolute atomic E-state index is 0.108. The third-order valence-corrected chi connectivity index (χ3v) is 4.71. The highest BCUT2D eigenvalue weighted by molar-refractivity contribution is 5.83. The molecular weight excluding hydrogens is 262 g/mol. The number of benzene rings is 1. The zero-order chi connectivity index (χ0) is 14.7. The Bertz CT molecular complexity index is 462. The van der Waals surface area contributed by atoms with Crippen molar-refractivity contribution in [2.75, 3.05) is 26.2 Å². The van der Waals surface area contributed by atoms with Gasteiger partial charge in [-0.1, -0.05) is 30.3 Å². The van der Waals surface area contributed by atoms with Gasteiger partial charge in [0.05, 0.1) is 0 Å². The molecule has 0 aromatic heterocycles. The van der Waals surface area contributed by atoms with Gasteiger partial charge in [0, 0.05) is 19.1 Å². The molecule has 1 atom stereocenters. The van der Waals surface area contributed by atoms with E-state index in [0.29, 0.717) is 0 Å². The molecule has 2 aliphatic heterocycles. The number of hydrogen-bond acceptors (Lipinski definition) is 3. The molecule has 114 valence electrons. The molecular formula is C17H25N3O. The first-order valence-corrected chi connectivity index (χ1v) is 8.09. The Morgan fingerprint density at radius 1 is 1.05 bits per heavy atom. The van der Waals surface area contributed by atoms with Gasteiger partial charge in [0.1, 0.15) is 6.04 Å². The predicted octanol–water partition coefficient (Wildman–Crippen LogP) is 1.77. The maximum Gasteiger partial charge on any atom is 0.244 e. The molecule has 1 aromatic carbocycles. The Morgan fingerprint density at radius 2 is 1.67 bits per heavy atom. The standard InChI is InChI=1S/C17H25N3O/c18-15-8-12-20(13-9-15)17(21)16(19-10-4-5-11-19)14-6-2-1-3-7-14/h1-3,6-7,15-16H,4-5,8-13,18H2. The molecule has 1 amide bonds. The molecule has 2 fully saturated rings. The number of carbonyl (C=O) groups is 1. The molecule has 1 aromatic rings. The Balaban J connectivity index is 1.79. The van der Waals surface area contributed by atoms with E-state index in [9.17, 15) is 4.79 Å². The Morgan fingerprint density at radius 3 is 2.29 bits per heavy atom. The van der Waals surface area contributed by atoms with Crippen LogP contribution in [0.25, 0.3) is 0 Å². The minimum Gasteiger partial charge on any atom is -0.341 e. The van der Waals surface area contributed by atoms with Crippen molar-refractivity contribution in [3.05, 3.63) is 35.9 Å². The summed E-state index contributed by atoms with van der Waals surface area (Å²) in [6.07, 6.45) is 4.24. The average Bonchev–Trinajstić information content (AvgIpc) is 3.03. The van der Waals surface area contributed by atoms with Gasteiger partial charge in [0.2, 0.25) is 5.91 Å². The van der Waals surface area contributed by atoms with Gasteiger partial charge in [-0.05, 0) is 44.3 Å². The van der Waals surface area contributed by atoms with E-state index in [2.05, 4.69) is 17.0 Å². The van der Waals surface area contributed by atoms with Crippen LogP contribution in [0.5, 0.6) is 0 Å². The molecule has 0 radical (unpaired) electrons. The van der Waals surface area contributed by atoms with E-state index in [4.69, 9.17) is 5.73 Å². The van der Waals surface area contributed by atoms with Crippen LogP contribution in [-0.2, 0) is 4.79 Å². The van der Waals surface area contributed by atoms with Crippen molar-refractivity contribution in [3.63, 3.8) is 0 Å². The molecule has 0 aliphatic carbocycles. The second kappa shape index (κ2) is 6.58. The van der Waals surface area contributed by atoms with Gasteiger partial charge in [-0.2, -0.15) is 0 Å². The maximum absolute atomic E-state index is 13.0. The molecule has 4 heteroatoms. The first-order valence-electron chi connectivity index (χ1n) is 8.09. The van der Waals surface area contributed by atoms with Crippen LogP contribution < -0.4 is 5.73 Å². The fourth-order valence-electron chi connectivity index (χ4n) is 3.44. The number of carbonyl (C=O) groups excluding carboxylic acids is 1. The van der Waals surface area contributed by atoms with Gasteiger partial charge in [-0.15, -0.1) is 0 Å². The van der Waals surface area contributed by atoms with Crippen molar-refractivity contribution < 1.29 is 4.79 Å². The molecule has 21 heavy (non-hydrogen) atoms. The number of nitrogens with two attached hydrogens (primary N) is 1. The monoisotopic (exact) mass is 287 g/mol. The fraction of sp³-hybridized carbons (Fsp3) is 0.588. The summed E-state index contributed by atoms with van der Waals surface area (Å²) >= 11 is 0. The topological polar surface area (TPSA) is 49.6 Å². The molecule has 4 nitrogen and oxygen atoms in total. The first-order chi connectivity index (χ1) is 10.3. The summed E-state index contributed by atoms with van der Waals surface area (Å²) in [5, 5.41) is 0. The second-order valence-electron chi connectivity index (χ2n) is 6.22. The summed E-state index contributed by atoms with van der Waals surface area (Å²) in [7, 11) is 0. The predicted molar refractivity (Wildman–Crippen MR) is 83.8 cm³/mol. The van der Waals surface area contributed by atoms with Crippen molar-refractivity contribution in [1.29, 1.82) is 0 Å². The molecule has 1 unspecified atom stereocenters. The van der Waals surface area contributed by atoms with Gasteiger partial charge >= 0.3 is 0 Å². The van der Waals surface area contributed by atoms with Crippen LogP contribution in [-0.4, -0.2) is 47.9 Å². The van der Waals surface area contributed by atoms with E-state index in [-0.39, 0.29) is 18.0 Å². The zero-order valence-corrected chi connectivity index (χ0v) is 12.6. The highest BCUT2D eigenvalue weighted by Crippen LogP contribution is 2.28. The molecule has 0 saturated carbocycles. The molecule has 3 rings (SSSR count). The summed E-state index contributed by atoms with van der Waals surface area (Å²) < 4.78 is 0. The number of piperidine rings is 1. The second-order valence-corrected chi connectivity index (χ2v) is 6.22. The van der Waals surface area contributed by atoms with Crippen LogP contribution in [0, 0.1) is 0 Å². The molecule has 2 N–H and O–H groups in total. The van der Waals surface area contributed by atoms with Crippen molar-refractivity contribution in [2.45, 2.75) is 37.8 Å². The Labute approximate surface area is 126 Å². The van der Waals surface area contributed by atoms with Gasteiger partial charge in [0.25, 0.3) is 0 Å². The fourth-order valence-corrected chi connectivity index (χ4v) is 3.44. The summed E-state index contributed by atoms with van der Waals surface area (Å²) in [4.78, 5) is 17.4. The van der Waals surface area contributed by atoms with Crippen LogP contribution in [0.3, 0.4) is 0 Å². The summed E-state index contributed by atoms with van der Waals surface area (Å²) in [6.45, 7) is 3.66. The Kier molecular flexibility index (Phi) is 4.56. The van der Waals surface area contributed by atoms with E-state index in [1.807, 2.05) is 23.1 Å². The SMILES string of the molecule is NC1CCN(C(=O)C(c2ccccc2)N2CCCC2)CC1. The highest BCUT2D eigenvalue weighted by Gasteiger charge is 2.33. The number of nitrogens with zero attached hydrogens (tertiary/aromatic N) is 2. The largest absolute Gasteiger partial charge is 0.341 e. The smallest absolute Gasteiger partial charge is 0.244 e. The third kappa shape index (κ3) is 3.27. The lowest BCUT2D eigenvalue weighted by Gasteiger charge is -2.36. The lowest BCUT2D eigenvalue weighted by atomic mass is 10.0. The maximum atomic E-state index is 13.0. The Hall–Kier alpha value is -1.39. The normalized spacial score (nSPS) is 22.4. The van der Waals surface area contributed by atoms with Crippen LogP contribution in [0.1, 0.15) is 37.3 Å². The van der Waals surface area contributed by atoms with E-state index < -0.39 is 0 Å². The quantitative estimate of drug-likeness (QED) is 0.922. The number of hydrogen-bond donors (Lipinski definition) is 1. The molecule has 0 spiro atoms. The van der Waals surface area contributed by atoms with Crippen molar-refractivity contribution in [2.24, 2.45) is 5.73 Å². The zero-order valence-electron chi connectivity index (χ0n) is 12.6. The molecule has 2 heterocycles. The van der Waals surface area contributed by atoms with Gasteiger partial charge in [-0.3, -0.25) is 9.69 Å². The van der Waals surface area contributed by atoms with Crippen LogP contribution in [0.15, 0.2) is 30.3 Å². The van der Waals surface area contributed by atoms with E-state index in [0.717, 1.165) is 44.6 Å². The number of rotatable bonds is 3. The van der Waals surface area contributed by atoms with E-state index in [1.165, 1.54) is 12.8 Å². The van der Waals surface area contributed by atoms with Crippen molar-refractivity contribution in [3.8, 4) is 0 Å². The molecule has 2 aliphatic rings. The third-order valence-electron chi connectivity index (χ3n) is 4.71. The average molecular weight is 287 g/mol.